The molecule has 0 fully saturated rings. The molecule has 0 aliphatic rings. The second-order valence-corrected chi connectivity index (χ2v) is 4.82. The third-order valence-electron chi connectivity index (χ3n) is 3.27. The quantitative estimate of drug-likeness (QED) is 0.591. The van der Waals surface area contributed by atoms with Gasteiger partial charge in [0.05, 0.1) is 0 Å². The van der Waals surface area contributed by atoms with Crippen LogP contribution in [0.25, 0.3) is 0 Å². The van der Waals surface area contributed by atoms with Crippen molar-refractivity contribution in [1.29, 1.82) is 0 Å². The number of urea groups is 1. The summed E-state index contributed by atoms with van der Waals surface area (Å²) in [7, 11) is 2.00. The van der Waals surface area contributed by atoms with Crippen molar-refractivity contribution in [3.63, 3.8) is 0 Å². The van der Waals surface area contributed by atoms with Crippen LogP contribution in [0, 0.1) is 0 Å². The number of likely N-dealkylation sites (N-methyl/N-ethyl adjacent to an activating group) is 1. The van der Waals surface area contributed by atoms with E-state index in [1.54, 1.807) is 0 Å². The molecule has 112 valence electrons. The molecule has 0 aromatic heterocycles. The second kappa shape index (κ2) is 9.61. The molecule has 19 heavy (non-hydrogen) atoms. The number of carboxylic acid groups (broad SMARTS) is 1. The SMILES string of the molecule is CCC[C@H](NC(=O)NCCN(C)C(C)CC)C(=O)O. The molecule has 0 heterocycles. The first kappa shape index (κ1) is 17.7. The topological polar surface area (TPSA) is 81.7 Å². The summed E-state index contributed by atoms with van der Waals surface area (Å²) >= 11 is 0. The van der Waals surface area contributed by atoms with Crippen LogP contribution in [0.15, 0.2) is 0 Å². The zero-order valence-corrected chi connectivity index (χ0v) is 12.4. The first-order chi connectivity index (χ1) is 8.92. The number of rotatable bonds is 9. The van der Waals surface area contributed by atoms with E-state index in [1.807, 2.05) is 14.0 Å². The maximum atomic E-state index is 11.5. The monoisotopic (exact) mass is 273 g/mol. The molecule has 0 spiro atoms. The molecule has 0 aliphatic heterocycles. The van der Waals surface area contributed by atoms with E-state index >= 15 is 0 Å². The van der Waals surface area contributed by atoms with Crippen molar-refractivity contribution in [3.8, 4) is 0 Å². The third kappa shape index (κ3) is 7.66. The van der Waals surface area contributed by atoms with Gasteiger partial charge in [-0.05, 0) is 26.8 Å². The Bertz CT molecular complexity index is 284. The van der Waals surface area contributed by atoms with Crippen molar-refractivity contribution < 1.29 is 14.7 Å². The number of aliphatic carboxylic acids is 1. The van der Waals surface area contributed by atoms with E-state index in [0.29, 0.717) is 25.4 Å². The van der Waals surface area contributed by atoms with Gasteiger partial charge in [0.1, 0.15) is 6.04 Å². The van der Waals surface area contributed by atoms with Crippen LogP contribution in [-0.4, -0.2) is 54.2 Å². The van der Waals surface area contributed by atoms with Crippen LogP contribution >= 0.6 is 0 Å². The Balaban J connectivity index is 3.94. The average molecular weight is 273 g/mol. The highest BCUT2D eigenvalue weighted by Crippen LogP contribution is 1.98. The number of carboxylic acids is 1. The van der Waals surface area contributed by atoms with E-state index in [-0.39, 0.29) is 0 Å². The lowest BCUT2D eigenvalue weighted by atomic mass is 10.2. The molecule has 0 aromatic carbocycles. The molecule has 0 saturated carbocycles. The molecule has 3 N–H and O–H groups in total. The molecule has 6 heteroatoms. The number of carbonyl (C=O) groups excluding carboxylic acids is 1. The molecular weight excluding hydrogens is 246 g/mol. The lowest BCUT2D eigenvalue weighted by Gasteiger charge is -2.23. The summed E-state index contributed by atoms with van der Waals surface area (Å²) in [5, 5.41) is 14.1. The van der Waals surface area contributed by atoms with E-state index in [2.05, 4.69) is 29.4 Å². The van der Waals surface area contributed by atoms with Crippen molar-refractivity contribution in [2.24, 2.45) is 0 Å². The Kier molecular flexibility index (Phi) is 8.95. The minimum atomic E-state index is -0.992. The maximum absolute atomic E-state index is 11.5. The lowest BCUT2D eigenvalue weighted by Crippen LogP contribution is -2.47. The minimum Gasteiger partial charge on any atom is -0.480 e. The number of amides is 2. The number of hydrogen-bond donors (Lipinski definition) is 3. The highest BCUT2D eigenvalue weighted by molar-refractivity contribution is 5.82. The Morgan fingerprint density at radius 3 is 2.42 bits per heavy atom. The predicted octanol–water partition coefficient (Wildman–Crippen LogP) is 1.27. The van der Waals surface area contributed by atoms with E-state index in [4.69, 9.17) is 5.11 Å². The van der Waals surface area contributed by atoms with Crippen molar-refractivity contribution in [3.05, 3.63) is 0 Å². The first-order valence-electron chi connectivity index (χ1n) is 6.89. The first-order valence-corrected chi connectivity index (χ1v) is 6.89. The van der Waals surface area contributed by atoms with Gasteiger partial charge in [-0.15, -0.1) is 0 Å². The van der Waals surface area contributed by atoms with Gasteiger partial charge in [0, 0.05) is 19.1 Å². The normalized spacial score (nSPS) is 13.9. The number of carbonyl (C=O) groups is 2. The van der Waals surface area contributed by atoms with Gasteiger partial charge < -0.3 is 20.6 Å². The molecule has 0 radical (unpaired) electrons. The van der Waals surface area contributed by atoms with Gasteiger partial charge >= 0.3 is 12.0 Å². The van der Waals surface area contributed by atoms with Crippen LogP contribution in [0.1, 0.15) is 40.0 Å². The fraction of sp³-hybridized carbons (Fsp3) is 0.846. The summed E-state index contributed by atoms with van der Waals surface area (Å²) in [5.74, 6) is -0.992. The summed E-state index contributed by atoms with van der Waals surface area (Å²) in [5.41, 5.74) is 0. The molecule has 6 nitrogen and oxygen atoms in total. The van der Waals surface area contributed by atoms with Gasteiger partial charge in [-0.25, -0.2) is 9.59 Å². The molecule has 2 atom stereocenters. The van der Waals surface area contributed by atoms with Gasteiger partial charge in [0.15, 0.2) is 0 Å². The molecular formula is C13H27N3O3. The Labute approximate surface area is 115 Å². The van der Waals surface area contributed by atoms with E-state index in [1.165, 1.54) is 0 Å². The van der Waals surface area contributed by atoms with Crippen LogP contribution < -0.4 is 10.6 Å². The summed E-state index contributed by atoms with van der Waals surface area (Å²) in [6.45, 7) is 7.38. The van der Waals surface area contributed by atoms with E-state index in [9.17, 15) is 9.59 Å². The van der Waals surface area contributed by atoms with Crippen molar-refractivity contribution in [2.45, 2.75) is 52.1 Å². The Morgan fingerprint density at radius 1 is 1.32 bits per heavy atom. The maximum Gasteiger partial charge on any atom is 0.326 e. The predicted molar refractivity (Wildman–Crippen MR) is 75.2 cm³/mol. The van der Waals surface area contributed by atoms with Gasteiger partial charge in [-0.1, -0.05) is 20.3 Å². The zero-order valence-electron chi connectivity index (χ0n) is 12.4. The van der Waals surface area contributed by atoms with Crippen molar-refractivity contribution >= 4 is 12.0 Å². The van der Waals surface area contributed by atoms with Crippen LogP contribution in [-0.2, 0) is 4.79 Å². The summed E-state index contributed by atoms with van der Waals surface area (Å²) in [6, 6.07) is -0.757. The van der Waals surface area contributed by atoms with E-state index in [0.717, 1.165) is 13.0 Å². The van der Waals surface area contributed by atoms with Crippen LogP contribution in [0.4, 0.5) is 4.79 Å². The summed E-state index contributed by atoms with van der Waals surface area (Å²) < 4.78 is 0. The Morgan fingerprint density at radius 2 is 1.95 bits per heavy atom. The number of nitrogens with zero attached hydrogens (tertiary/aromatic N) is 1. The van der Waals surface area contributed by atoms with Crippen LogP contribution in [0.2, 0.25) is 0 Å². The molecule has 0 bridgehead atoms. The molecule has 0 aromatic rings. The zero-order chi connectivity index (χ0) is 14.8. The van der Waals surface area contributed by atoms with Gasteiger partial charge in [0.2, 0.25) is 0 Å². The molecule has 0 rings (SSSR count). The van der Waals surface area contributed by atoms with Gasteiger partial charge in [0.25, 0.3) is 0 Å². The minimum absolute atomic E-state index is 0.418. The molecule has 0 saturated heterocycles. The third-order valence-corrected chi connectivity index (χ3v) is 3.27. The van der Waals surface area contributed by atoms with E-state index < -0.39 is 18.0 Å². The molecule has 2 amide bonds. The highest BCUT2D eigenvalue weighted by atomic mass is 16.4. The van der Waals surface area contributed by atoms with Crippen molar-refractivity contribution in [1.82, 2.24) is 15.5 Å². The standard InChI is InChI=1S/C13H27N3O3/c1-5-7-11(12(17)18)15-13(19)14-8-9-16(4)10(3)6-2/h10-11H,5-9H2,1-4H3,(H,17,18)(H2,14,15,19)/t10?,11-/m0/s1. The molecule has 0 aliphatic carbocycles. The van der Waals surface area contributed by atoms with Crippen LogP contribution in [0.3, 0.4) is 0 Å². The number of hydrogen-bond acceptors (Lipinski definition) is 3. The fourth-order valence-electron chi connectivity index (χ4n) is 1.63. The lowest BCUT2D eigenvalue weighted by molar-refractivity contribution is -0.139. The Hall–Kier alpha value is -1.30. The van der Waals surface area contributed by atoms with Gasteiger partial charge in [-0.3, -0.25) is 0 Å². The van der Waals surface area contributed by atoms with Crippen molar-refractivity contribution in [2.75, 3.05) is 20.1 Å². The molecule has 1 unspecified atom stereocenters. The average Bonchev–Trinajstić information content (AvgIpc) is 2.36. The van der Waals surface area contributed by atoms with Crippen LogP contribution in [0.5, 0.6) is 0 Å². The smallest absolute Gasteiger partial charge is 0.326 e. The second-order valence-electron chi connectivity index (χ2n) is 4.82. The largest absolute Gasteiger partial charge is 0.480 e. The fourth-order valence-corrected chi connectivity index (χ4v) is 1.63. The van der Waals surface area contributed by atoms with Gasteiger partial charge in [-0.2, -0.15) is 0 Å². The summed E-state index contributed by atoms with van der Waals surface area (Å²) in [4.78, 5) is 24.6. The number of nitrogens with one attached hydrogen (secondary N) is 2. The highest BCUT2D eigenvalue weighted by Gasteiger charge is 2.18. The summed E-state index contributed by atoms with van der Waals surface area (Å²) in [6.07, 6.45) is 2.21.